The number of hydrogen-bond donors (Lipinski definition) is 1. The smallest absolute Gasteiger partial charge is 0.345 e. The summed E-state index contributed by atoms with van der Waals surface area (Å²) in [5.41, 5.74) is 0.525. The molecule has 0 spiro atoms. The number of amides is 1. The topological polar surface area (TPSA) is 81.4 Å². The normalized spacial score (nSPS) is 10.2. The molecule has 6 nitrogen and oxygen atoms in total. The van der Waals surface area contributed by atoms with E-state index in [4.69, 9.17) is 20.9 Å². The number of halogens is 1. The number of nitrogens with zero attached hydrogens (tertiary/aromatic N) is 1. The summed E-state index contributed by atoms with van der Waals surface area (Å²) in [5, 5.41) is 6.11. The molecule has 0 fully saturated rings. The van der Waals surface area contributed by atoms with E-state index in [0.29, 0.717) is 18.0 Å². The van der Waals surface area contributed by atoms with E-state index in [9.17, 15) is 9.59 Å². The molecule has 0 bridgehead atoms. The second-order valence-corrected chi connectivity index (χ2v) is 3.91. The lowest BCUT2D eigenvalue weighted by Gasteiger charge is -2.03. The second kappa shape index (κ2) is 7.00. The molecule has 0 aliphatic rings. The molecule has 0 radical (unpaired) electrons. The molecule has 100 valence electrons. The highest BCUT2D eigenvalue weighted by molar-refractivity contribution is 6.18. The Morgan fingerprint density at radius 1 is 1.50 bits per heavy atom. The maximum Gasteiger partial charge on any atom is 0.345 e. The second-order valence-electron chi connectivity index (χ2n) is 3.53. The molecule has 18 heavy (non-hydrogen) atoms. The Kier molecular flexibility index (Phi) is 5.64. The third kappa shape index (κ3) is 3.73. The largest absolute Gasteiger partial charge is 0.462 e. The molecule has 0 aromatic carbocycles. The van der Waals surface area contributed by atoms with Crippen molar-refractivity contribution in [3.05, 3.63) is 11.3 Å². The lowest BCUT2D eigenvalue weighted by atomic mass is 10.2. The van der Waals surface area contributed by atoms with E-state index < -0.39 is 5.97 Å². The van der Waals surface area contributed by atoms with Gasteiger partial charge in [-0.05, 0) is 20.3 Å². The van der Waals surface area contributed by atoms with E-state index in [1.807, 2.05) is 0 Å². The maximum atomic E-state index is 11.6. The number of anilines is 1. The lowest BCUT2D eigenvalue weighted by molar-refractivity contribution is -0.116. The number of nitrogens with one attached hydrogen (secondary N) is 1. The van der Waals surface area contributed by atoms with Crippen LogP contribution in [0.1, 0.15) is 35.8 Å². The Bertz CT molecular complexity index is 431. The molecule has 1 heterocycles. The zero-order valence-electron chi connectivity index (χ0n) is 10.3. The minimum atomic E-state index is -0.566. The molecule has 0 aliphatic heterocycles. The van der Waals surface area contributed by atoms with Crippen LogP contribution >= 0.6 is 11.6 Å². The van der Waals surface area contributed by atoms with Crippen molar-refractivity contribution in [1.82, 2.24) is 5.16 Å². The summed E-state index contributed by atoms with van der Waals surface area (Å²) in [4.78, 5) is 23.2. The Labute approximate surface area is 110 Å². The Morgan fingerprint density at radius 3 is 2.83 bits per heavy atom. The number of hydrogen-bond acceptors (Lipinski definition) is 5. The molecule has 0 unspecified atom stereocenters. The van der Waals surface area contributed by atoms with Gasteiger partial charge < -0.3 is 9.26 Å². The predicted octanol–water partition coefficient (Wildman–Crippen LogP) is 2.12. The average molecular weight is 275 g/mol. The van der Waals surface area contributed by atoms with Gasteiger partial charge in [-0.1, -0.05) is 5.16 Å². The first-order valence-electron chi connectivity index (χ1n) is 5.59. The van der Waals surface area contributed by atoms with Crippen LogP contribution in [0.4, 0.5) is 5.88 Å². The molecule has 0 saturated heterocycles. The highest BCUT2D eigenvalue weighted by atomic mass is 35.5. The van der Waals surface area contributed by atoms with Crippen LogP contribution in [0.15, 0.2) is 4.52 Å². The fourth-order valence-corrected chi connectivity index (χ4v) is 1.45. The van der Waals surface area contributed by atoms with Gasteiger partial charge in [0.1, 0.15) is 5.56 Å². The molecule has 7 heteroatoms. The fraction of sp³-hybridized carbons (Fsp3) is 0.545. The summed E-state index contributed by atoms with van der Waals surface area (Å²) in [6.45, 7) is 3.53. The average Bonchev–Trinajstić information content (AvgIpc) is 2.68. The number of aryl methyl sites for hydroxylation is 1. The SMILES string of the molecule is CCOC(=O)c1c(C)noc1NC(=O)CCCCl. The molecular weight excluding hydrogens is 260 g/mol. The molecule has 0 atom stereocenters. The number of alkyl halides is 1. The zero-order valence-corrected chi connectivity index (χ0v) is 11.0. The number of esters is 1. The van der Waals surface area contributed by atoms with E-state index >= 15 is 0 Å². The number of aromatic nitrogens is 1. The van der Waals surface area contributed by atoms with E-state index in [2.05, 4.69) is 10.5 Å². The Balaban J connectivity index is 2.77. The van der Waals surface area contributed by atoms with Gasteiger partial charge in [-0.25, -0.2) is 4.79 Å². The monoisotopic (exact) mass is 274 g/mol. The van der Waals surface area contributed by atoms with Crippen LogP contribution in [0.2, 0.25) is 0 Å². The molecule has 1 N–H and O–H groups in total. The van der Waals surface area contributed by atoms with E-state index in [1.54, 1.807) is 13.8 Å². The minimum Gasteiger partial charge on any atom is -0.462 e. The van der Waals surface area contributed by atoms with E-state index in [1.165, 1.54) is 0 Å². The van der Waals surface area contributed by atoms with Gasteiger partial charge in [-0.2, -0.15) is 0 Å². The molecule has 1 aromatic heterocycles. The highest BCUT2D eigenvalue weighted by Crippen LogP contribution is 2.20. The maximum absolute atomic E-state index is 11.6. The van der Waals surface area contributed by atoms with Crippen molar-refractivity contribution in [2.24, 2.45) is 0 Å². The summed E-state index contributed by atoms with van der Waals surface area (Å²) in [6.07, 6.45) is 0.806. The van der Waals surface area contributed by atoms with Crippen LogP contribution in [0.25, 0.3) is 0 Å². The Hall–Kier alpha value is -1.56. The number of carbonyl (C=O) groups excluding carboxylic acids is 2. The van der Waals surface area contributed by atoms with E-state index in [-0.39, 0.29) is 30.4 Å². The van der Waals surface area contributed by atoms with Crippen molar-refractivity contribution in [2.75, 3.05) is 17.8 Å². The number of carbonyl (C=O) groups is 2. The first kappa shape index (κ1) is 14.5. The molecule has 1 rings (SSSR count). The van der Waals surface area contributed by atoms with Crippen molar-refractivity contribution in [1.29, 1.82) is 0 Å². The van der Waals surface area contributed by atoms with Crippen LogP contribution in [0, 0.1) is 6.92 Å². The first-order chi connectivity index (χ1) is 8.60. The summed E-state index contributed by atoms with van der Waals surface area (Å²) < 4.78 is 9.76. The van der Waals surface area contributed by atoms with Gasteiger partial charge in [-0.15, -0.1) is 11.6 Å². The third-order valence-electron chi connectivity index (χ3n) is 2.13. The summed E-state index contributed by atoms with van der Waals surface area (Å²) >= 11 is 5.49. The van der Waals surface area contributed by atoms with Crippen molar-refractivity contribution in [3.63, 3.8) is 0 Å². The molecule has 0 aliphatic carbocycles. The van der Waals surface area contributed by atoms with Crippen LogP contribution in [-0.2, 0) is 9.53 Å². The van der Waals surface area contributed by atoms with Crippen molar-refractivity contribution >= 4 is 29.4 Å². The van der Waals surface area contributed by atoms with Gasteiger partial charge in [0, 0.05) is 12.3 Å². The quantitative estimate of drug-likeness (QED) is 0.635. The fourth-order valence-electron chi connectivity index (χ4n) is 1.32. The molecule has 1 aromatic rings. The van der Waals surface area contributed by atoms with E-state index in [0.717, 1.165) is 0 Å². The van der Waals surface area contributed by atoms with Crippen LogP contribution in [0.3, 0.4) is 0 Å². The third-order valence-corrected chi connectivity index (χ3v) is 2.40. The molecule has 1 amide bonds. The highest BCUT2D eigenvalue weighted by Gasteiger charge is 2.22. The number of rotatable bonds is 6. The van der Waals surface area contributed by atoms with Crippen LogP contribution < -0.4 is 5.32 Å². The summed E-state index contributed by atoms with van der Waals surface area (Å²) in [7, 11) is 0. The van der Waals surface area contributed by atoms with Crippen LogP contribution in [-0.4, -0.2) is 29.5 Å². The van der Waals surface area contributed by atoms with Gasteiger partial charge in [0.15, 0.2) is 0 Å². The standard InChI is InChI=1S/C11H15ClN2O4/c1-3-17-11(16)9-7(2)14-18-10(9)13-8(15)5-4-6-12/h3-6H2,1-2H3,(H,13,15). The molecule has 0 saturated carbocycles. The summed E-state index contributed by atoms with van der Waals surface area (Å²) in [6, 6.07) is 0. The Morgan fingerprint density at radius 2 is 2.22 bits per heavy atom. The number of ether oxygens (including phenoxy) is 1. The van der Waals surface area contributed by atoms with Gasteiger partial charge in [0.2, 0.25) is 11.8 Å². The van der Waals surface area contributed by atoms with Crippen LogP contribution in [0.5, 0.6) is 0 Å². The van der Waals surface area contributed by atoms with Gasteiger partial charge in [0.05, 0.1) is 12.3 Å². The van der Waals surface area contributed by atoms with Crippen molar-refractivity contribution < 1.29 is 18.8 Å². The van der Waals surface area contributed by atoms with Gasteiger partial charge >= 0.3 is 5.97 Å². The minimum absolute atomic E-state index is 0.0190. The van der Waals surface area contributed by atoms with Gasteiger partial charge in [0.25, 0.3) is 0 Å². The molecular formula is C11H15ClN2O4. The first-order valence-corrected chi connectivity index (χ1v) is 6.12. The zero-order chi connectivity index (χ0) is 13.5. The van der Waals surface area contributed by atoms with Gasteiger partial charge in [-0.3, -0.25) is 10.1 Å². The summed E-state index contributed by atoms with van der Waals surface area (Å²) in [5.74, 6) is -0.431. The van der Waals surface area contributed by atoms with Crippen molar-refractivity contribution in [3.8, 4) is 0 Å². The lowest BCUT2D eigenvalue weighted by Crippen LogP contribution is -2.14. The van der Waals surface area contributed by atoms with Crippen molar-refractivity contribution in [2.45, 2.75) is 26.7 Å². The predicted molar refractivity (Wildman–Crippen MR) is 65.8 cm³/mol.